The van der Waals surface area contributed by atoms with Gasteiger partial charge in [0.1, 0.15) is 6.33 Å². The molecule has 0 fully saturated rings. The minimum absolute atomic E-state index is 0.0989. The van der Waals surface area contributed by atoms with Gasteiger partial charge in [-0.1, -0.05) is 36.4 Å². The summed E-state index contributed by atoms with van der Waals surface area (Å²) < 4.78 is 1.47. The van der Waals surface area contributed by atoms with Crippen LogP contribution < -0.4 is 5.32 Å². The molecular weight excluding hydrogens is 312 g/mol. The fraction of sp³-hybridized carbons (Fsp3) is 0.188. The average molecular weight is 328 g/mol. The first kappa shape index (κ1) is 15.4. The number of nitrogens with one attached hydrogen (secondary N) is 1. The monoisotopic (exact) mass is 328 g/mol. The van der Waals surface area contributed by atoms with Crippen LogP contribution in [-0.2, 0) is 13.1 Å². The maximum Gasteiger partial charge on any atom is 0.291 e. The number of aliphatic hydroxyl groups is 1. The topological polar surface area (TPSA) is 80.0 Å². The van der Waals surface area contributed by atoms with Crippen molar-refractivity contribution in [3.8, 4) is 0 Å². The van der Waals surface area contributed by atoms with Crippen LogP contribution in [0.25, 0.3) is 0 Å². The highest BCUT2D eigenvalue weighted by Crippen LogP contribution is 2.13. The second kappa shape index (κ2) is 7.17. The Morgan fingerprint density at radius 1 is 1.26 bits per heavy atom. The second-order valence-corrected chi connectivity index (χ2v) is 6.01. The molecule has 3 aromatic rings. The van der Waals surface area contributed by atoms with Crippen molar-refractivity contribution >= 4 is 17.2 Å². The van der Waals surface area contributed by atoms with Crippen LogP contribution in [0.3, 0.4) is 0 Å². The van der Waals surface area contributed by atoms with Crippen LogP contribution in [0.15, 0.2) is 54.2 Å². The van der Waals surface area contributed by atoms with Gasteiger partial charge < -0.3 is 10.4 Å². The molecule has 6 nitrogen and oxygen atoms in total. The van der Waals surface area contributed by atoms with Gasteiger partial charge in [-0.15, -0.1) is 16.4 Å². The number of nitrogens with zero attached hydrogens (tertiary/aromatic N) is 3. The van der Waals surface area contributed by atoms with Crippen LogP contribution in [0.4, 0.5) is 0 Å². The zero-order valence-corrected chi connectivity index (χ0v) is 13.1. The van der Waals surface area contributed by atoms with E-state index in [0.29, 0.717) is 6.54 Å². The lowest BCUT2D eigenvalue weighted by molar-refractivity contribution is 0.0939. The van der Waals surface area contributed by atoms with Crippen LogP contribution in [-0.4, -0.2) is 25.8 Å². The first-order chi connectivity index (χ1) is 11.2. The van der Waals surface area contributed by atoms with Crippen molar-refractivity contribution in [3.63, 3.8) is 0 Å². The zero-order chi connectivity index (χ0) is 16.1. The number of aliphatic hydroxyl groups excluding tert-OH is 1. The summed E-state index contributed by atoms with van der Waals surface area (Å²) in [6.45, 7) is 0.701. The zero-order valence-electron chi connectivity index (χ0n) is 12.3. The Kier molecular flexibility index (Phi) is 4.80. The van der Waals surface area contributed by atoms with Crippen LogP contribution in [0.2, 0.25) is 0 Å². The molecule has 1 atom stereocenters. The Labute approximate surface area is 137 Å². The predicted octanol–water partition coefficient (Wildman–Crippen LogP) is 2.00. The van der Waals surface area contributed by atoms with Crippen LogP contribution in [0.5, 0.6) is 0 Å². The third-order valence-corrected chi connectivity index (χ3v) is 4.16. The van der Waals surface area contributed by atoms with E-state index in [0.717, 1.165) is 10.4 Å². The van der Waals surface area contributed by atoms with Gasteiger partial charge in [-0.05, 0) is 17.0 Å². The molecule has 7 heteroatoms. The van der Waals surface area contributed by atoms with Gasteiger partial charge in [0.2, 0.25) is 5.82 Å². The Morgan fingerprint density at radius 3 is 2.83 bits per heavy atom. The third kappa shape index (κ3) is 4.02. The highest BCUT2D eigenvalue weighted by molar-refractivity contribution is 7.09. The Hall–Kier alpha value is -2.51. The molecular formula is C16H16N4O2S. The molecule has 0 aliphatic rings. The van der Waals surface area contributed by atoms with E-state index in [1.807, 2.05) is 47.8 Å². The van der Waals surface area contributed by atoms with Gasteiger partial charge in [0.05, 0.1) is 19.2 Å². The molecule has 0 bridgehead atoms. The summed E-state index contributed by atoms with van der Waals surface area (Å²) in [7, 11) is 0. The minimum atomic E-state index is -0.695. The van der Waals surface area contributed by atoms with Crippen molar-refractivity contribution < 1.29 is 9.90 Å². The highest BCUT2D eigenvalue weighted by Gasteiger charge is 2.14. The van der Waals surface area contributed by atoms with Crippen molar-refractivity contribution in [2.75, 3.05) is 0 Å². The summed E-state index contributed by atoms with van der Waals surface area (Å²) in [5.41, 5.74) is 0.798. The number of thiophene rings is 1. The van der Waals surface area contributed by atoms with Gasteiger partial charge in [0.25, 0.3) is 5.91 Å². The molecule has 1 aromatic carbocycles. The first-order valence-corrected chi connectivity index (χ1v) is 8.03. The number of amides is 1. The van der Waals surface area contributed by atoms with E-state index in [1.165, 1.54) is 11.0 Å². The standard InChI is InChI=1S/C16H16N4O2S/c21-14(12-5-2-1-3-6-12)10-20-11-18-15(19-20)16(22)17-9-13-7-4-8-23-13/h1-8,11,14,21H,9-10H2,(H,17,22). The number of aromatic nitrogens is 3. The molecule has 1 unspecified atom stereocenters. The van der Waals surface area contributed by atoms with Crippen LogP contribution in [0.1, 0.15) is 27.2 Å². The molecule has 1 amide bonds. The van der Waals surface area contributed by atoms with Crippen molar-refractivity contribution in [1.29, 1.82) is 0 Å². The Bertz CT molecular complexity index is 756. The van der Waals surface area contributed by atoms with Crippen LogP contribution >= 0.6 is 11.3 Å². The van der Waals surface area contributed by atoms with E-state index in [4.69, 9.17) is 0 Å². The maximum absolute atomic E-state index is 12.0. The summed E-state index contributed by atoms with van der Waals surface area (Å²) in [5.74, 6) is -0.229. The Balaban J connectivity index is 1.58. The van der Waals surface area contributed by atoms with Crippen LogP contribution in [0, 0.1) is 0 Å². The lowest BCUT2D eigenvalue weighted by atomic mass is 10.1. The molecule has 0 radical (unpaired) electrons. The van der Waals surface area contributed by atoms with Crippen molar-refractivity contribution in [2.45, 2.75) is 19.2 Å². The molecule has 2 aromatic heterocycles. The number of hydrogen-bond acceptors (Lipinski definition) is 5. The maximum atomic E-state index is 12.0. The van der Waals surface area contributed by atoms with Gasteiger partial charge in [-0.2, -0.15) is 0 Å². The molecule has 2 heterocycles. The molecule has 0 aliphatic heterocycles. The van der Waals surface area contributed by atoms with Gasteiger partial charge in [-0.3, -0.25) is 4.79 Å². The molecule has 118 valence electrons. The predicted molar refractivity (Wildman–Crippen MR) is 86.9 cm³/mol. The summed E-state index contributed by atoms with van der Waals surface area (Å²) >= 11 is 1.58. The summed E-state index contributed by atoms with van der Waals surface area (Å²) in [6.07, 6.45) is 0.756. The van der Waals surface area contributed by atoms with E-state index in [9.17, 15) is 9.90 Å². The number of rotatable bonds is 6. The smallest absolute Gasteiger partial charge is 0.291 e. The number of carbonyl (C=O) groups excluding carboxylic acids is 1. The SMILES string of the molecule is O=C(NCc1cccs1)c1ncn(CC(O)c2ccccc2)n1. The number of hydrogen-bond donors (Lipinski definition) is 2. The molecule has 0 spiro atoms. The Morgan fingerprint density at radius 2 is 2.09 bits per heavy atom. The van der Waals surface area contributed by atoms with Crippen molar-refractivity contribution in [2.24, 2.45) is 0 Å². The van der Waals surface area contributed by atoms with Crippen molar-refractivity contribution in [1.82, 2.24) is 20.1 Å². The minimum Gasteiger partial charge on any atom is -0.386 e. The van der Waals surface area contributed by atoms with E-state index < -0.39 is 6.10 Å². The van der Waals surface area contributed by atoms with Gasteiger partial charge in [0, 0.05) is 4.88 Å². The molecule has 0 saturated heterocycles. The van der Waals surface area contributed by atoms with E-state index >= 15 is 0 Å². The van der Waals surface area contributed by atoms with Gasteiger partial charge >= 0.3 is 0 Å². The summed E-state index contributed by atoms with van der Waals surface area (Å²) in [5, 5.41) is 19.0. The quantitative estimate of drug-likeness (QED) is 0.725. The highest BCUT2D eigenvalue weighted by atomic mass is 32.1. The fourth-order valence-electron chi connectivity index (χ4n) is 2.10. The lowest BCUT2D eigenvalue weighted by Crippen LogP contribution is -2.24. The molecule has 2 N–H and O–H groups in total. The second-order valence-electron chi connectivity index (χ2n) is 4.98. The molecule has 0 saturated carbocycles. The summed E-state index contributed by atoms with van der Waals surface area (Å²) in [6, 6.07) is 13.2. The molecule has 3 rings (SSSR count). The lowest BCUT2D eigenvalue weighted by Gasteiger charge is -2.10. The van der Waals surface area contributed by atoms with E-state index in [1.54, 1.807) is 11.3 Å². The molecule has 0 aliphatic carbocycles. The van der Waals surface area contributed by atoms with Gasteiger partial charge in [0.15, 0.2) is 0 Å². The van der Waals surface area contributed by atoms with Crippen molar-refractivity contribution in [3.05, 3.63) is 70.4 Å². The normalized spacial score (nSPS) is 12.0. The summed E-state index contributed by atoms with van der Waals surface area (Å²) in [4.78, 5) is 17.1. The van der Waals surface area contributed by atoms with E-state index in [-0.39, 0.29) is 18.3 Å². The van der Waals surface area contributed by atoms with E-state index in [2.05, 4.69) is 15.4 Å². The largest absolute Gasteiger partial charge is 0.386 e. The third-order valence-electron chi connectivity index (χ3n) is 3.29. The average Bonchev–Trinajstić information content (AvgIpc) is 3.25. The number of carbonyl (C=O) groups is 1. The van der Waals surface area contributed by atoms with Gasteiger partial charge in [-0.25, -0.2) is 9.67 Å². The molecule has 23 heavy (non-hydrogen) atoms. The number of benzene rings is 1. The first-order valence-electron chi connectivity index (χ1n) is 7.15. The fourth-order valence-corrected chi connectivity index (χ4v) is 2.75.